The minimum Gasteiger partial charge on any atom is -0.503 e. The molecular formula is C27H19ClFNO6. The molecule has 0 bridgehead atoms. The number of ether oxygens (including phenoxy) is 2. The van der Waals surface area contributed by atoms with Gasteiger partial charge in [0.05, 0.1) is 30.9 Å². The first kappa shape index (κ1) is 23.4. The van der Waals surface area contributed by atoms with Crippen molar-refractivity contribution in [2.45, 2.75) is 6.04 Å². The molecule has 2 heterocycles. The standard InChI is InChI=1S/C27H19ClFNO6/c1-34-19-11-10-15(13-17(19)28)30-23(16-7-3-4-8-18(16)29)22(25(32)27(30)33)24(31)21-12-14-6-5-9-20(35-2)26(14)36-21/h3-13,23,32H,1-2H3. The molecule has 0 saturated heterocycles. The maximum atomic E-state index is 15.0. The van der Waals surface area contributed by atoms with Crippen LogP contribution in [0.2, 0.25) is 5.02 Å². The number of amides is 1. The van der Waals surface area contributed by atoms with Crippen molar-refractivity contribution < 1.29 is 33.0 Å². The Morgan fingerprint density at radius 2 is 1.78 bits per heavy atom. The van der Waals surface area contributed by atoms with Crippen LogP contribution in [0.4, 0.5) is 10.1 Å². The average Bonchev–Trinajstić information content (AvgIpc) is 3.43. The molecule has 0 fully saturated rings. The van der Waals surface area contributed by atoms with Gasteiger partial charge in [0.1, 0.15) is 11.6 Å². The summed E-state index contributed by atoms with van der Waals surface area (Å²) in [6, 6.07) is 15.6. The van der Waals surface area contributed by atoms with E-state index in [0.717, 1.165) is 4.90 Å². The smallest absolute Gasteiger partial charge is 0.294 e. The molecule has 1 aromatic heterocycles. The average molecular weight is 508 g/mol. The Kier molecular flexibility index (Phi) is 5.89. The molecule has 0 saturated carbocycles. The number of benzene rings is 3. The number of carbonyl (C=O) groups excluding carboxylic acids is 2. The molecule has 4 aromatic rings. The molecule has 1 unspecified atom stereocenters. The van der Waals surface area contributed by atoms with Gasteiger partial charge in [0, 0.05) is 16.6 Å². The van der Waals surface area contributed by atoms with Gasteiger partial charge in [-0.3, -0.25) is 14.5 Å². The van der Waals surface area contributed by atoms with Crippen molar-refractivity contribution in [2.24, 2.45) is 0 Å². The zero-order valence-electron chi connectivity index (χ0n) is 19.1. The maximum Gasteiger partial charge on any atom is 0.294 e. The lowest BCUT2D eigenvalue weighted by atomic mass is 9.94. The Bertz CT molecular complexity index is 1560. The molecule has 0 aliphatic carbocycles. The first-order valence-corrected chi connectivity index (χ1v) is 11.2. The van der Waals surface area contributed by atoms with Crippen molar-refractivity contribution in [3.63, 3.8) is 0 Å². The van der Waals surface area contributed by atoms with Crippen LogP contribution in [-0.2, 0) is 4.79 Å². The highest BCUT2D eigenvalue weighted by molar-refractivity contribution is 6.32. The van der Waals surface area contributed by atoms with Crippen molar-refractivity contribution in [3.05, 3.63) is 100 Å². The third kappa shape index (κ3) is 3.67. The number of ketones is 1. The number of aliphatic hydroxyl groups excluding tert-OH is 1. The molecule has 9 heteroatoms. The normalized spacial score (nSPS) is 15.6. The summed E-state index contributed by atoms with van der Waals surface area (Å²) in [7, 11) is 2.91. The molecule has 1 N–H and O–H groups in total. The van der Waals surface area contributed by atoms with E-state index in [2.05, 4.69) is 0 Å². The fourth-order valence-electron chi connectivity index (χ4n) is 4.34. The second-order valence-corrected chi connectivity index (χ2v) is 8.41. The van der Waals surface area contributed by atoms with E-state index in [0.29, 0.717) is 22.5 Å². The summed E-state index contributed by atoms with van der Waals surface area (Å²) < 4.78 is 31.3. The first-order valence-electron chi connectivity index (χ1n) is 10.8. The molecule has 7 nitrogen and oxygen atoms in total. The summed E-state index contributed by atoms with van der Waals surface area (Å²) >= 11 is 6.28. The van der Waals surface area contributed by atoms with Crippen molar-refractivity contribution in [1.82, 2.24) is 0 Å². The van der Waals surface area contributed by atoms with Crippen LogP contribution >= 0.6 is 11.6 Å². The van der Waals surface area contributed by atoms with E-state index < -0.39 is 29.3 Å². The SMILES string of the molecule is COc1ccc(N2C(=O)C(O)=C(C(=O)c3cc4cccc(OC)c4o3)C2c2ccccc2F)cc1Cl. The van der Waals surface area contributed by atoms with Crippen molar-refractivity contribution >= 4 is 39.9 Å². The van der Waals surface area contributed by atoms with Crippen molar-refractivity contribution in [1.29, 1.82) is 0 Å². The fraction of sp³-hybridized carbons (Fsp3) is 0.111. The Hall–Kier alpha value is -4.30. The molecule has 182 valence electrons. The molecule has 0 spiro atoms. The summed E-state index contributed by atoms with van der Waals surface area (Å²) in [5, 5.41) is 11.7. The van der Waals surface area contributed by atoms with Gasteiger partial charge in [-0.05, 0) is 36.4 Å². The lowest BCUT2D eigenvalue weighted by Crippen LogP contribution is -2.31. The van der Waals surface area contributed by atoms with Gasteiger partial charge in [0.2, 0.25) is 5.78 Å². The van der Waals surface area contributed by atoms with Crippen LogP contribution in [0.3, 0.4) is 0 Å². The Morgan fingerprint density at radius 1 is 1.03 bits per heavy atom. The van der Waals surface area contributed by atoms with E-state index in [1.807, 2.05) is 0 Å². The van der Waals surface area contributed by atoms with Gasteiger partial charge < -0.3 is 19.0 Å². The molecule has 0 radical (unpaired) electrons. The van der Waals surface area contributed by atoms with Gasteiger partial charge in [0.15, 0.2) is 22.9 Å². The highest BCUT2D eigenvalue weighted by Crippen LogP contribution is 2.44. The molecule has 1 amide bonds. The van der Waals surface area contributed by atoms with E-state index in [1.165, 1.54) is 56.7 Å². The number of nitrogens with zero attached hydrogens (tertiary/aromatic N) is 1. The second-order valence-electron chi connectivity index (χ2n) is 8.00. The third-order valence-electron chi connectivity index (χ3n) is 6.02. The van der Waals surface area contributed by atoms with Crippen LogP contribution in [0.25, 0.3) is 11.0 Å². The number of fused-ring (bicyclic) bond motifs is 1. The molecular weight excluding hydrogens is 489 g/mol. The number of Topliss-reactive ketones (excluding diaryl/α,β-unsaturated/α-hetero) is 1. The Balaban J connectivity index is 1.68. The van der Waals surface area contributed by atoms with Crippen molar-refractivity contribution in [3.8, 4) is 11.5 Å². The summed E-state index contributed by atoms with van der Waals surface area (Å²) in [6.45, 7) is 0. The highest BCUT2D eigenvalue weighted by Gasteiger charge is 2.46. The first-order chi connectivity index (χ1) is 17.3. The monoisotopic (exact) mass is 507 g/mol. The second kappa shape index (κ2) is 9.05. The number of carbonyl (C=O) groups is 2. The molecule has 3 aromatic carbocycles. The molecule has 5 rings (SSSR count). The largest absolute Gasteiger partial charge is 0.503 e. The predicted molar refractivity (Wildman–Crippen MR) is 131 cm³/mol. The molecule has 1 atom stereocenters. The number of hydrogen-bond donors (Lipinski definition) is 1. The van der Waals surface area contributed by atoms with E-state index in [1.54, 1.807) is 24.3 Å². The minimum atomic E-state index is -1.29. The van der Waals surface area contributed by atoms with Crippen LogP contribution in [0.5, 0.6) is 11.5 Å². The van der Waals surface area contributed by atoms with E-state index >= 15 is 4.39 Å². The number of anilines is 1. The number of halogens is 2. The van der Waals surface area contributed by atoms with Gasteiger partial charge >= 0.3 is 0 Å². The molecule has 36 heavy (non-hydrogen) atoms. The van der Waals surface area contributed by atoms with Crippen LogP contribution in [0.15, 0.2) is 82.5 Å². The number of rotatable bonds is 6. The van der Waals surface area contributed by atoms with E-state index in [-0.39, 0.29) is 27.6 Å². The summed E-state index contributed by atoms with van der Waals surface area (Å²) in [5.41, 5.74) is 0.252. The van der Waals surface area contributed by atoms with Crippen LogP contribution < -0.4 is 14.4 Å². The van der Waals surface area contributed by atoms with E-state index in [4.69, 9.17) is 25.5 Å². The summed E-state index contributed by atoms with van der Waals surface area (Å²) in [6.07, 6.45) is 0. The zero-order valence-corrected chi connectivity index (χ0v) is 19.9. The number of furan rings is 1. The highest BCUT2D eigenvalue weighted by atomic mass is 35.5. The molecule has 1 aliphatic heterocycles. The minimum absolute atomic E-state index is 0.0129. The number of aliphatic hydroxyl groups is 1. The quantitative estimate of drug-likeness (QED) is 0.321. The lowest BCUT2D eigenvalue weighted by Gasteiger charge is -2.27. The number of hydrogen-bond acceptors (Lipinski definition) is 6. The molecule has 1 aliphatic rings. The topological polar surface area (TPSA) is 89.2 Å². The zero-order chi connectivity index (χ0) is 25.6. The van der Waals surface area contributed by atoms with Gasteiger partial charge in [0.25, 0.3) is 5.91 Å². The van der Waals surface area contributed by atoms with Crippen LogP contribution in [-0.4, -0.2) is 31.0 Å². The maximum absolute atomic E-state index is 15.0. The number of para-hydroxylation sites is 1. The van der Waals surface area contributed by atoms with Gasteiger partial charge in [-0.15, -0.1) is 0 Å². The van der Waals surface area contributed by atoms with Gasteiger partial charge in [-0.1, -0.05) is 41.9 Å². The van der Waals surface area contributed by atoms with Gasteiger partial charge in [-0.2, -0.15) is 0 Å². The van der Waals surface area contributed by atoms with Gasteiger partial charge in [-0.25, -0.2) is 4.39 Å². The van der Waals surface area contributed by atoms with Crippen LogP contribution in [0.1, 0.15) is 22.2 Å². The Labute approximate surface area is 209 Å². The lowest BCUT2D eigenvalue weighted by molar-refractivity contribution is -0.117. The summed E-state index contributed by atoms with van der Waals surface area (Å²) in [4.78, 5) is 28.1. The van der Waals surface area contributed by atoms with Crippen molar-refractivity contribution in [2.75, 3.05) is 19.1 Å². The third-order valence-corrected chi connectivity index (χ3v) is 6.31. The predicted octanol–water partition coefficient (Wildman–Crippen LogP) is 6.03. The van der Waals surface area contributed by atoms with Crippen LogP contribution in [0, 0.1) is 5.82 Å². The van der Waals surface area contributed by atoms with E-state index in [9.17, 15) is 14.7 Å². The Morgan fingerprint density at radius 3 is 2.47 bits per heavy atom. The summed E-state index contributed by atoms with van der Waals surface area (Å²) in [5.74, 6) is -2.50. The number of methoxy groups -OCH3 is 2. The fourth-order valence-corrected chi connectivity index (χ4v) is 4.59.